The molecule has 2 aromatic rings. The molecular weight excluding hydrogens is 698 g/mol. The summed E-state index contributed by atoms with van der Waals surface area (Å²) in [5.41, 5.74) is 1.68. The molecule has 0 radical (unpaired) electrons. The SMILES string of the molecule is CCCN(CC(=O)Nc1cc(N(C)C)c2c(c1O)C(O)=C1C(=O)[C@]3(O)C(O)=C(C(N)=O)C(=O)[C@@H](N(C)C)[C@@H]3C[C@@H]1C2)C(=O)OCOC(=O)c1ccco1. The number of Topliss-reactive ketones (excluding diaryl/α,β-unsaturated/α-hetero) is 2. The molecule has 1 aromatic heterocycles. The molecule has 0 saturated heterocycles. The number of benzene rings is 1. The van der Waals surface area contributed by atoms with Crippen molar-refractivity contribution in [3.63, 3.8) is 0 Å². The highest BCUT2D eigenvalue weighted by atomic mass is 16.7. The van der Waals surface area contributed by atoms with Crippen LogP contribution in [0, 0.1) is 11.8 Å². The van der Waals surface area contributed by atoms with Crippen LogP contribution in [0.5, 0.6) is 5.75 Å². The fourth-order valence-corrected chi connectivity index (χ4v) is 7.34. The summed E-state index contributed by atoms with van der Waals surface area (Å²) in [4.78, 5) is 81.9. The van der Waals surface area contributed by atoms with Gasteiger partial charge in [0.1, 0.15) is 29.4 Å². The Kier molecular flexibility index (Phi) is 10.6. The number of amides is 3. The molecule has 1 fully saturated rings. The first kappa shape index (κ1) is 38.4. The van der Waals surface area contributed by atoms with Crippen LogP contribution in [-0.4, -0.2) is 125 Å². The van der Waals surface area contributed by atoms with Crippen LogP contribution in [0.25, 0.3) is 5.76 Å². The van der Waals surface area contributed by atoms with Crippen molar-refractivity contribution in [2.45, 2.75) is 37.8 Å². The number of aliphatic hydroxyl groups is 3. The van der Waals surface area contributed by atoms with Crippen LogP contribution < -0.4 is 16.0 Å². The van der Waals surface area contributed by atoms with Gasteiger partial charge >= 0.3 is 12.1 Å². The Balaban J connectivity index is 1.45. The predicted octanol–water partition coefficient (Wildman–Crippen LogP) is 1.22. The molecule has 0 unspecified atom stereocenters. The number of furan rings is 1. The molecule has 3 aliphatic rings. The molecule has 5 rings (SSSR count). The van der Waals surface area contributed by atoms with E-state index < -0.39 is 95.1 Å². The van der Waals surface area contributed by atoms with Crippen molar-refractivity contribution in [1.82, 2.24) is 9.80 Å². The first-order valence-electron chi connectivity index (χ1n) is 16.6. The first-order valence-corrected chi connectivity index (χ1v) is 16.6. The van der Waals surface area contributed by atoms with Crippen molar-refractivity contribution in [3.8, 4) is 5.75 Å². The number of esters is 1. The molecule has 0 spiro atoms. The maximum Gasteiger partial charge on any atom is 0.413 e. The largest absolute Gasteiger partial charge is 0.508 e. The molecule has 18 heteroatoms. The molecule has 1 aromatic carbocycles. The standard InChI is InChI=1S/C35H41N5O13/c1-6-9-40(34(49)53-15-52-33(48)21-8-7-10-51-21)14-22(41)37-19-13-20(38(2)3)17-11-16-12-18-26(39(4)5)29(44)25(32(36)47)31(46)35(18,50)30(45)23(16)28(43)24(17)27(19)42/h7-8,10,13,16,18,26,42-43,46,50H,6,9,11-12,14-15H2,1-5H3,(H2,36,47)(H,37,41)/t16-,18-,26-,35-/m0/s1. The van der Waals surface area contributed by atoms with Crippen LogP contribution >= 0.6 is 0 Å². The third kappa shape index (κ3) is 6.66. The average Bonchev–Trinajstić information content (AvgIpc) is 3.62. The molecule has 53 heavy (non-hydrogen) atoms. The van der Waals surface area contributed by atoms with Gasteiger partial charge in [-0.3, -0.25) is 29.0 Å². The number of hydrogen-bond acceptors (Lipinski definition) is 15. The van der Waals surface area contributed by atoms with Crippen molar-refractivity contribution in [3.05, 3.63) is 58.3 Å². The number of nitrogens with two attached hydrogens (primary N) is 1. The van der Waals surface area contributed by atoms with Crippen molar-refractivity contribution < 1.29 is 63.1 Å². The van der Waals surface area contributed by atoms with Crippen LogP contribution in [0.3, 0.4) is 0 Å². The fraction of sp³-hybridized carbons (Fsp3) is 0.429. The zero-order chi connectivity index (χ0) is 39.1. The number of nitrogens with zero attached hydrogens (tertiary/aromatic N) is 3. The number of ether oxygens (including phenoxy) is 2. The number of fused-ring (bicyclic) bond motifs is 3. The maximum atomic E-state index is 14.2. The minimum absolute atomic E-state index is 0.0322. The number of aromatic hydroxyl groups is 1. The molecule has 3 aliphatic carbocycles. The van der Waals surface area contributed by atoms with Gasteiger partial charge in [-0.2, -0.15) is 0 Å². The van der Waals surface area contributed by atoms with E-state index in [9.17, 15) is 49.2 Å². The lowest BCUT2D eigenvalue weighted by Gasteiger charge is -2.50. The number of phenolic OH excluding ortho intramolecular Hbond substituents is 1. The second-order valence-electron chi connectivity index (χ2n) is 13.4. The van der Waals surface area contributed by atoms with E-state index in [0.717, 1.165) is 4.90 Å². The molecule has 18 nitrogen and oxygen atoms in total. The molecule has 1 heterocycles. The number of rotatable bonds is 11. The number of likely N-dealkylation sites (N-methyl/N-ethyl adjacent to an activating group) is 1. The Labute approximate surface area is 303 Å². The van der Waals surface area contributed by atoms with Gasteiger partial charge in [-0.25, -0.2) is 9.59 Å². The van der Waals surface area contributed by atoms with Crippen LogP contribution in [0.2, 0.25) is 0 Å². The van der Waals surface area contributed by atoms with Gasteiger partial charge in [-0.15, -0.1) is 0 Å². The summed E-state index contributed by atoms with van der Waals surface area (Å²) < 4.78 is 14.8. The summed E-state index contributed by atoms with van der Waals surface area (Å²) in [5.74, 6) is -9.77. The van der Waals surface area contributed by atoms with E-state index >= 15 is 0 Å². The number of aliphatic hydroxyl groups excluding tert-OH is 2. The highest BCUT2D eigenvalue weighted by Gasteiger charge is 2.64. The number of hydrogen-bond donors (Lipinski definition) is 6. The van der Waals surface area contributed by atoms with Crippen molar-refractivity contribution in [1.29, 1.82) is 0 Å². The molecule has 0 aliphatic heterocycles. The normalized spacial score (nSPS) is 22.1. The maximum absolute atomic E-state index is 14.2. The molecule has 3 amide bonds. The third-order valence-corrected chi connectivity index (χ3v) is 9.63. The summed E-state index contributed by atoms with van der Waals surface area (Å²) in [6, 6.07) is 3.05. The smallest absolute Gasteiger partial charge is 0.413 e. The monoisotopic (exact) mass is 739 g/mol. The average molecular weight is 740 g/mol. The summed E-state index contributed by atoms with van der Waals surface area (Å²) >= 11 is 0. The minimum atomic E-state index is -2.81. The molecule has 284 valence electrons. The van der Waals surface area contributed by atoms with Crippen LogP contribution in [0.1, 0.15) is 41.4 Å². The zero-order valence-electron chi connectivity index (χ0n) is 29.7. The summed E-state index contributed by atoms with van der Waals surface area (Å²) in [6.45, 7) is 0.495. The van der Waals surface area contributed by atoms with Gasteiger partial charge in [0.25, 0.3) is 5.91 Å². The molecule has 1 saturated carbocycles. The van der Waals surface area contributed by atoms with Crippen LogP contribution in [0.4, 0.5) is 16.2 Å². The Morgan fingerprint density at radius 1 is 1.09 bits per heavy atom. The van der Waals surface area contributed by atoms with Gasteiger partial charge in [0, 0.05) is 37.8 Å². The van der Waals surface area contributed by atoms with Gasteiger partial charge < -0.3 is 50.3 Å². The van der Waals surface area contributed by atoms with Crippen LogP contribution in [0.15, 0.2) is 45.8 Å². The van der Waals surface area contributed by atoms with E-state index in [4.69, 9.17) is 19.6 Å². The van der Waals surface area contributed by atoms with Crippen LogP contribution in [-0.2, 0) is 35.1 Å². The third-order valence-electron chi connectivity index (χ3n) is 9.63. The Bertz CT molecular complexity index is 1930. The second kappa shape index (κ2) is 14.6. The van der Waals surface area contributed by atoms with Gasteiger partial charge in [0.2, 0.25) is 24.2 Å². The fourth-order valence-electron chi connectivity index (χ4n) is 7.34. The Morgan fingerprint density at radius 3 is 2.38 bits per heavy atom. The summed E-state index contributed by atoms with van der Waals surface area (Å²) in [5, 5.41) is 48.7. The van der Waals surface area contributed by atoms with Gasteiger partial charge in [-0.05, 0) is 63.0 Å². The number of primary amides is 1. The minimum Gasteiger partial charge on any atom is -0.508 e. The van der Waals surface area contributed by atoms with E-state index in [2.05, 4.69) is 5.32 Å². The van der Waals surface area contributed by atoms with Gasteiger partial charge in [0.15, 0.2) is 11.4 Å². The van der Waals surface area contributed by atoms with Gasteiger partial charge in [0.05, 0.1) is 23.6 Å². The Morgan fingerprint density at radius 2 is 1.79 bits per heavy atom. The molecular formula is C35H41N5O13. The predicted molar refractivity (Wildman–Crippen MR) is 185 cm³/mol. The van der Waals surface area contributed by atoms with Gasteiger partial charge in [-0.1, -0.05) is 6.92 Å². The molecule has 7 N–H and O–H groups in total. The molecule has 0 bridgehead atoms. The summed E-state index contributed by atoms with van der Waals surface area (Å²) in [6.07, 6.45) is 0.647. The van der Waals surface area contributed by atoms with Crippen molar-refractivity contribution in [2.24, 2.45) is 17.6 Å². The van der Waals surface area contributed by atoms with E-state index in [-0.39, 0.29) is 42.0 Å². The first-order chi connectivity index (χ1) is 24.9. The van der Waals surface area contributed by atoms with E-state index in [1.165, 1.54) is 43.5 Å². The van der Waals surface area contributed by atoms with Crippen molar-refractivity contribution in [2.75, 3.05) is 58.3 Å². The number of nitrogens with one attached hydrogen (secondary N) is 1. The quantitative estimate of drug-likeness (QED) is 0.0819. The number of carbonyl (C=O) groups excluding carboxylic acids is 6. The second-order valence-corrected chi connectivity index (χ2v) is 13.4. The number of ketones is 2. The number of carbonyl (C=O) groups is 6. The van der Waals surface area contributed by atoms with Crippen molar-refractivity contribution >= 4 is 52.6 Å². The number of phenols is 1. The molecule has 4 atom stereocenters. The topological polar surface area (TPSA) is 263 Å². The zero-order valence-corrected chi connectivity index (χ0v) is 29.7. The lowest BCUT2D eigenvalue weighted by Crippen LogP contribution is -2.65. The summed E-state index contributed by atoms with van der Waals surface area (Å²) in [7, 11) is 6.37. The lowest BCUT2D eigenvalue weighted by molar-refractivity contribution is -0.153. The highest BCUT2D eigenvalue weighted by Crippen LogP contribution is 2.54. The van der Waals surface area contributed by atoms with E-state index in [0.29, 0.717) is 17.7 Å². The van der Waals surface area contributed by atoms with E-state index in [1.807, 2.05) is 0 Å². The lowest BCUT2D eigenvalue weighted by atomic mass is 9.57. The highest BCUT2D eigenvalue weighted by molar-refractivity contribution is 6.24. The number of anilines is 2. The Hall–Kier alpha value is -5.88. The van der Waals surface area contributed by atoms with E-state index in [1.54, 1.807) is 25.9 Å².